The van der Waals surface area contributed by atoms with Crippen molar-refractivity contribution in [3.63, 3.8) is 0 Å². The summed E-state index contributed by atoms with van der Waals surface area (Å²) in [5.41, 5.74) is -3.00. The first kappa shape index (κ1) is 42.7. The van der Waals surface area contributed by atoms with Crippen molar-refractivity contribution in [2.24, 2.45) is 5.92 Å². The number of nitriles is 4. The Hall–Kier alpha value is -7.60. The van der Waals surface area contributed by atoms with Crippen molar-refractivity contribution in [3.05, 3.63) is 147 Å². The molecule has 65 heavy (non-hydrogen) atoms. The van der Waals surface area contributed by atoms with E-state index in [1.165, 1.54) is 47.7 Å². The van der Waals surface area contributed by atoms with Crippen molar-refractivity contribution in [2.45, 2.75) is 31.1 Å². The van der Waals surface area contributed by atoms with E-state index in [-0.39, 0.29) is 45.0 Å². The molecule has 0 radical (unpaired) electrons. The van der Waals surface area contributed by atoms with Crippen LogP contribution >= 0.6 is 11.3 Å². The number of halogens is 12. The van der Waals surface area contributed by atoms with Gasteiger partial charge in [0.05, 0.1) is 17.0 Å². The molecule has 0 saturated carbocycles. The van der Waals surface area contributed by atoms with Crippen LogP contribution in [0.4, 0.5) is 52.7 Å². The first-order chi connectivity index (χ1) is 30.5. The summed E-state index contributed by atoms with van der Waals surface area (Å²) < 4.78 is 167. The molecule has 1 aromatic heterocycles. The van der Waals surface area contributed by atoms with Gasteiger partial charge in [0.2, 0.25) is 0 Å². The number of benzene rings is 5. The van der Waals surface area contributed by atoms with Crippen molar-refractivity contribution in [1.29, 1.82) is 21.0 Å². The lowest BCUT2D eigenvalue weighted by molar-refractivity contribution is -0.165. The smallest absolute Gasteiger partial charge is 0.192 e. The number of nitrogens with zero attached hydrogens (tertiary/aromatic N) is 4. The van der Waals surface area contributed by atoms with Crippen molar-refractivity contribution >= 4 is 48.2 Å². The number of allylic oxidation sites excluding steroid dienone is 6. The van der Waals surface area contributed by atoms with Gasteiger partial charge >= 0.3 is 24.7 Å². The standard InChI is InChI=1S/C48H18F12N4S/c49-45(50,51)27-5-23(6-28(11-27)46(52,53)54)21-1-3-31-33-15-41-35(13-39(33)43(37(31)9-21)25(17-61)18-62)36-14-40-34(16-42(36)65-41)32-4-2-22(10-38(32)44(40)26(19-63)20-64)24-7-29(47(55,56)57)12-30(8-24)48(58,59)60/h1-11,13-16,29H,12H2. The number of thiophene rings is 1. The maximum absolute atomic E-state index is 13.9. The second-order valence-corrected chi connectivity index (χ2v) is 16.4. The number of rotatable bonds is 2. The molecule has 9 rings (SSSR count). The lowest BCUT2D eigenvalue weighted by Gasteiger charge is -2.25. The first-order valence-corrected chi connectivity index (χ1v) is 19.7. The van der Waals surface area contributed by atoms with Crippen LogP contribution in [0.1, 0.15) is 45.4 Å². The summed E-state index contributed by atoms with van der Waals surface area (Å²) in [5, 5.41) is 41.5. The number of fused-ring (bicyclic) bond motifs is 9. The van der Waals surface area contributed by atoms with Gasteiger partial charge in [-0.3, -0.25) is 0 Å². The summed E-state index contributed by atoms with van der Waals surface area (Å²) in [6.45, 7) is 0. The quantitative estimate of drug-likeness (QED) is 0.127. The number of hydrogen-bond acceptors (Lipinski definition) is 5. The van der Waals surface area contributed by atoms with Gasteiger partial charge in [0.15, 0.2) is 0 Å². The third-order valence-corrected chi connectivity index (χ3v) is 12.7. The predicted molar refractivity (Wildman–Crippen MR) is 216 cm³/mol. The number of hydrogen-bond donors (Lipinski definition) is 0. The molecule has 17 heteroatoms. The van der Waals surface area contributed by atoms with Gasteiger partial charge in [0, 0.05) is 36.9 Å². The van der Waals surface area contributed by atoms with Crippen molar-refractivity contribution in [3.8, 4) is 57.7 Å². The molecular formula is C48H18F12N4S. The van der Waals surface area contributed by atoms with E-state index in [1.807, 2.05) is 24.3 Å². The molecule has 6 aromatic rings. The summed E-state index contributed by atoms with van der Waals surface area (Å²) in [4.78, 5) is 0. The van der Waals surface area contributed by atoms with Crippen LogP contribution in [0.25, 0.3) is 70.3 Å². The fourth-order valence-corrected chi connectivity index (χ4v) is 9.83. The average Bonchev–Trinajstić information content (AvgIpc) is 3.87. The normalized spacial score (nSPS) is 15.5. The SMILES string of the molecule is N#CC(C#N)=C1c2cc(C3=CC(C(F)(F)F)CC(C(F)(F)F)=C3)ccc2-c2cc3sc4cc5c(cc4c3cc21)C(=C(C#N)C#N)c1cc(-c2cc(C(F)(F)F)cc(C(F)(F)F)c2)ccc1-5. The minimum Gasteiger partial charge on any atom is -0.192 e. The van der Waals surface area contributed by atoms with E-state index in [0.29, 0.717) is 77.8 Å². The van der Waals surface area contributed by atoms with Gasteiger partial charge in [0.25, 0.3) is 0 Å². The summed E-state index contributed by atoms with van der Waals surface area (Å²) in [6.07, 6.45) is -20.2. The van der Waals surface area contributed by atoms with Crippen molar-refractivity contribution < 1.29 is 52.7 Å². The molecule has 5 aromatic carbocycles. The lowest BCUT2D eigenvalue weighted by Crippen LogP contribution is -2.27. The molecule has 3 aliphatic rings. The monoisotopic (exact) mass is 910 g/mol. The van der Waals surface area contributed by atoms with Crippen LogP contribution in [0.5, 0.6) is 0 Å². The predicted octanol–water partition coefficient (Wildman–Crippen LogP) is 14.9. The van der Waals surface area contributed by atoms with Crippen LogP contribution in [0.2, 0.25) is 0 Å². The highest BCUT2D eigenvalue weighted by atomic mass is 32.1. The molecule has 1 atom stereocenters. The fraction of sp³-hybridized carbons (Fsp3) is 0.125. The Morgan fingerprint density at radius 3 is 1.35 bits per heavy atom. The van der Waals surface area contributed by atoms with E-state index in [2.05, 4.69) is 0 Å². The molecule has 3 aliphatic carbocycles. The Balaban J connectivity index is 1.21. The summed E-state index contributed by atoms with van der Waals surface area (Å²) in [7, 11) is 0. The van der Waals surface area contributed by atoms with Gasteiger partial charge in [-0.25, -0.2) is 0 Å². The zero-order valence-electron chi connectivity index (χ0n) is 32.2. The largest absolute Gasteiger partial charge is 0.416 e. The Bertz CT molecular complexity index is 3390. The minimum atomic E-state index is -5.12. The van der Waals surface area contributed by atoms with Crippen LogP contribution in [0, 0.1) is 51.2 Å². The minimum absolute atomic E-state index is 0.00262. The molecule has 1 unspecified atom stereocenters. The van der Waals surface area contributed by atoms with E-state index < -0.39 is 70.5 Å². The van der Waals surface area contributed by atoms with Gasteiger partial charge in [0.1, 0.15) is 35.4 Å². The lowest BCUT2D eigenvalue weighted by atomic mass is 9.85. The van der Waals surface area contributed by atoms with Crippen LogP contribution in [-0.4, -0.2) is 12.4 Å². The van der Waals surface area contributed by atoms with E-state index in [0.717, 1.165) is 0 Å². The molecular weight excluding hydrogens is 893 g/mol. The topological polar surface area (TPSA) is 95.2 Å². The highest BCUT2D eigenvalue weighted by Gasteiger charge is 2.46. The van der Waals surface area contributed by atoms with Crippen molar-refractivity contribution in [2.75, 3.05) is 0 Å². The second-order valence-electron chi connectivity index (χ2n) is 15.3. The molecule has 320 valence electrons. The van der Waals surface area contributed by atoms with Gasteiger partial charge in [-0.2, -0.15) is 73.7 Å². The molecule has 0 spiro atoms. The van der Waals surface area contributed by atoms with Crippen LogP contribution < -0.4 is 0 Å². The average molecular weight is 911 g/mol. The summed E-state index contributed by atoms with van der Waals surface area (Å²) in [6, 6.07) is 23.7. The Morgan fingerprint density at radius 2 is 0.923 bits per heavy atom. The number of alkyl halides is 12. The van der Waals surface area contributed by atoms with E-state index in [1.54, 1.807) is 24.3 Å². The summed E-state index contributed by atoms with van der Waals surface area (Å²) in [5.74, 6) is -2.43. The third-order valence-electron chi connectivity index (χ3n) is 11.6. The Morgan fingerprint density at radius 1 is 0.477 bits per heavy atom. The highest BCUT2D eigenvalue weighted by molar-refractivity contribution is 7.25. The molecule has 0 N–H and O–H groups in total. The first-order valence-electron chi connectivity index (χ1n) is 18.8. The molecule has 0 amide bonds. The van der Waals surface area contributed by atoms with Gasteiger partial charge in [-0.1, -0.05) is 30.3 Å². The van der Waals surface area contributed by atoms with Crippen LogP contribution in [0.15, 0.2) is 108 Å². The molecule has 0 bridgehead atoms. The van der Waals surface area contributed by atoms with Crippen molar-refractivity contribution in [1.82, 2.24) is 0 Å². The summed E-state index contributed by atoms with van der Waals surface area (Å²) >= 11 is 1.29. The van der Waals surface area contributed by atoms with Crippen LogP contribution in [0.3, 0.4) is 0 Å². The van der Waals surface area contributed by atoms with Gasteiger partial charge < -0.3 is 0 Å². The maximum atomic E-state index is 13.9. The van der Waals surface area contributed by atoms with Gasteiger partial charge in [-0.15, -0.1) is 11.3 Å². The second kappa shape index (κ2) is 14.5. The fourth-order valence-electron chi connectivity index (χ4n) is 8.68. The van der Waals surface area contributed by atoms with E-state index in [9.17, 15) is 73.7 Å². The Kier molecular flexibility index (Phi) is 9.50. The van der Waals surface area contributed by atoms with E-state index in [4.69, 9.17) is 0 Å². The maximum Gasteiger partial charge on any atom is 0.416 e. The molecule has 0 saturated heterocycles. The van der Waals surface area contributed by atoms with Crippen LogP contribution in [-0.2, 0) is 12.4 Å². The molecule has 0 aliphatic heterocycles. The van der Waals surface area contributed by atoms with Gasteiger partial charge in [-0.05, 0) is 134 Å². The molecule has 0 fully saturated rings. The third kappa shape index (κ3) is 7.00. The van der Waals surface area contributed by atoms with E-state index >= 15 is 0 Å². The molecule has 1 heterocycles. The Labute approximate surface area is 362 Å². The highest BCUT2D eigenvalue weighted by Crippen LogP contribution is 2.54. The zero-order chi connectivity index (χ0) is 46.7. The molecule has 4 nitrogen and oxygen atoms in total. The zero-order valence-corrected chi connectivity index (χ0v) is 33.0.